The molecule has 2 atom stereocenters. The average molecular weight is 470 g/mol. The molecule has 0 fully saturated rings. The number of hydrogen-bond acceptors (Lipinski definition) is 3. The number of phenols is 1. The fraction of sp³-hybridized carbons (Fsp3) is 0.167. The Morgan fingerprint density at radius 1 is 1.07 bits per heavy atom. The fourth-order valence-electron chi connectivity index (χ4n) is 3.63. The first kappa shape index (κ1) is 20.4. The molecule has 0 radical (unpaired) electrons. The van der Waals surface area contributed by atoms with Gasteiger partial charge in [0.1, 0.15) is 23.4 Å². The van der Waals surface area contributed by atoms with Crippen LogP contribution in [0.1, 0.15) is 35.8 Å². The molecule has 0 saturated heterocycles. The number of hydrogen-bond donors (Lipinski definition) is 3. The van der Waals surface area contributed by atoms with Crippen LogP contribution in [0.3, 0.4) is 0 Å². The molecule has 1 heterocycles. The molecule has 1 aliphatic heterocycles. The molecule has 154 valence electrons. The van der Waals surface area contributed by atoms with E-state index in [9.17, 15) is 9.50 Å². The number of quaternary nitrogens is 1. The molecule has 3 aromatic rings. The van der Waals surface area contributed by atoms with Crippen LogP contribution in [-0.2, 0) is 0 Å². The predicted molar refractivity (Wildman–Crippen MR) is 118 cm³/mol. The number of nitrogens with two attached hydrogens (primary N) is 1. The van der Waals surface area contributed by atoms with Crippen LogP contribution < -0.4 is 15.4 Å². The molecule has 0 bridgehead atoms. The van der Waals surface area contributed by atoms with Crippen molar-refractivity contribution in [2.24, 2.45) is 0 Å². The first-order chi connectivity index (χ1) is 14.5. The molecule has 3 aromatic carbocycles. The lowest BCUT2D eigenvalue weighted by atomic mass is 9.98. The van der Waals surface area contributed by atoms with Gasteiger partial charge in [-0.05, 0) is 79.2 Å². The number of nitrogens with one attached hydrogen (secondary N) is 1. The lowest BCUT2D eigenvalue weighted by molar-refractivity contribution is -0.731. The molecule has 0 amide bonds. The highest BCUT2D eigenvalue weighted by Gasteiger charge is 2.29. The van der Waals surface area contributed by atoms with Gasteiger partial charge in [0.25, 0.3) is 0 Å². The van der Waals surface area contributed by atoms with Crippen molar-refractivity contribution in [2.75, 3.05) is 6.61 Å². The summed E-state index contributed by atoms with van der Waals surface area (Å²) in [5.41, 5.74) is 3.71. The Morgan fingerprint density at radius 2 is 1.80 bits per heavy atom. The first-order valence-corrected chi connectivity index (χ1v) is 10.6. The molecule has 4 rings (SSSR count). The highest BCUT2D eigenvalue weighted by Crippen LogP contribution is 2.31. The van der Waals surface area contributed by atoms with E-state index in [0.29, 0.717) is 6.61 Å². The number of rotatable bonds is 5. The molecule has 0 aliphatic carbocycles. The summed E-state index contributed by atoms with van der Waals surface area (Å²) in [7, 11) is 0. The van der Waals surface area contributed by atoms with Crippen molar-refractivity contribution in [2.45, 2.75) is 19.1 Å². The second kappa shape index (κ2) is 8.90. The Kier molecular flexibility index (Phi) is 6.06. The Hall–Kier alpha value is -2.83. The minimum Gasteiger partial charge on any atom is -0.507 e. The molecular weight excluding hydrogens is 447 g/mol. The summed E-state index contributed by atoms with van der Waals surface area (Å²) in [5, 5.41) is 16.1. The van der Waals surface area contributed by atoms with Gasteiger partial charge in [-0.1, -0.05) is 15.9 Å². The normalized spacial score (nSPS) is 18.4. The van der Waals surface area contributed by atoms with Crippen LogP contribution in [0.25, 0.3) is 5.70 Å². The second-order valence-corrected chi connectivity index (χ2v) is 8.05. The summed E-state index contributed by atoms with van der Waals surface area (Å²) >= 11 is 3.50. The van der Waals surface area contributed by atoms with E-state index in [2.05, 4.69) is 32.6 Å². The molecule has 1 aliphatic rings. The summed E-state index contributed by atoms with van der Waals surface area (Å²) in [6, 6.07) is 19.7. The van der Waals surface area contributed by atoms with Gasteiger partial charge >= 0.3 is 0 Å². The van der Waals surface area contributed by atoms with E-state index in [-0.39, 0.29) is 23.8 Å². The lowest BCUT2D eigenvalue weighted by Gasteiger charge is -2.30. The maximum atomic E-state index is 13.4. The van der Waals surface area contributed by atoms with E-state index >= 15 is 0 Å². The van der Waals surface area contributed by atoms with Gasteiger partial charge in [0, 0.05) is 21.8 Å². The predicted octanol–water partition coefficient (Wildman–Crippen LogP) is 4.64. The van der Waals surface area contributed by atoms with Gasteiger partial charge in [-0.15, -0.1) is 0 Å². The van der Waals surface area contributed by atoms with E-state index in [0.717, 1.165) is 32.6 Å². The zero-order chi connectivity index (χ0) is 21.1. The third kappa shape index (κ3) is 4.50. The Labute approximate surface area is 183 Å². The van der Waals surface area contributed by atoms with E-state index in [1.165, 1.54) is 12.1 Å². The van der Waals surface area contributed by atoms with Gasteiger partial charge in [0.15, 0.2) is 6.17 Å². The summed E-state index contributed by atoms with van der Waals surface area (Å²) in [4.78, 5) is 0. The molecule has 4 nitrogen and oxygen atoms in total. The van der Waals surface area contributed by atoms with Crippen molar-refractivity contribution < 1.29 is 19.6 Å². The molecule has 0 spiro atoms. The highest BCUT2D eigenvalue weighted by molar-refractivity contribution is 9.10. The van der Waals surface area contributed by atoms with Crippen LogP contribution in [-0.4, -0.2) is 11.7 Å². The average Bonchev–Trinajstić information content (AvgIpc) is 2.76. The molecule has 0 saturated carbocycles. The van der Waals surface area contributed by atoms with Crippen molar-refractivity contribution >= 4 is 21.6 Å². The second-order valence-electron chi connectivity index (χ2n) is 7.13. The number of halogens is 2. The van der Waals surface area contributed by atoms with Gasteiger partial charge < -0.3 is 20.5 Å². The standard InChI is InChI=1S/C24H22BrFN2O2/c1-2-30-19-10-5-15(6-11-19)21-14-22(20-13-17(25)7-12-23(20)29)28-24(27-21)16-3-8-18(26)9-4-16/h3-14,22,24,27-29H,2H2,1H3/p+1. The zero-order valence-electron chi connectivity index (χ0n) is 16.5. The van der Waals surface area contributed by atoms with Gasteiger partial charge in [0.05, 0.1) is 12.2 Å². The third-order valence-electron chi connectivity index (χ3n) is 5.11. The summed E-state index contributed by atoms with van der Waals surface area (Å²) in [6.07, 6.45) is 1.96. The van der Waals surface area contributed by atoms with Crippen LogP contribution in [0.5, 0.6) is 11.5 Å². The van der Waals surface area contributed by atoms with Crippen molar-refractivity contribution in [1.82, 2.24) is 5.32 Å². The minimum absolute atomic E-state index is 0.125. The number of phenolic OH excluding ortho intramolecular Hbond substituents is 1. The topological polar surface area (TPSA) is 58.1 Å². The van der Waals surface area contributed by atoms with Gasteiger partial charge in [-0.2, -0.15) is 0 Å². The highest BCUT2D eigenvalue weighted by atomic mass is 79.9. The fourth-order valence-corrected chi connectivity index (χ4v) is 4.01. The summed E-state index contributed by atoms with van der Waals surface area (Å²) in [5.74, 6) is 0.792. The van der Waals surface area contributed by atoms with Crippen molar-refractivity contribution in [3.63, 3.8) is 0 Å². The summed E-state index contributed by atoms with van der Waals surface area (Å²) < 4.78 is 19.9. The molecule has 30 heavy (non-hydrogen) atoms. The van der Waals surface area contributed by atoms with Crippen molar-refractivity contribution in [1.29, 1.82) is 0 Å². The Bertz CT molecular complexity index is 1050. The molecule has 2 unspecified atom stereocenters. The summed E-state index contributed by atoms with van der Waals surface area (Å²) in [6.45, 7) is 2.57. The quantitative estimate of drug-likeness (QED) is 0.510. The van der Waals surface area contributed by atoms with Gasteiger partial charge in [-0.25, -0.2) is 4.39 Å². The number of ether oxygens (including phenoxy) is 1. The van der Waals surface area contributed by atoms with E-state index in [4.69, 9.17) is 4.74 Å². The zero-order valence-corrected chi connectivity index (χ0v) is 18.1. The maximum absolute atomic E-state index is 13.4. The molecule has 4 N–H and O–H groups in total. The minimum atomic E-state index is -0.266. The van der Waals surface area contributed by atoms with Crippen molar-refractivity contribution in [3.8, 4) is 11.5 Å². The van der Waals surface area contributed by atoms with E-state index in [1.807, 2.05) is 43.3 Å². The SMILES string of the molecule is CCOc1ccc(C2=CC(c3cc(Br)ccc3O)[NH2+]C(c3ccc(F)cc3)N2)cc1. The van der Waals surface area contributed by atoms with Crippen LogP contribution in [0.4, 0.5) is 4.39 Å². The van der Waals surface area contributed by atoms with E-state index in [1.54, 1.807) is 18.2 Å². The smallest absolute Gasteiger partial charge is 0.186 e. The first-order valence-electron chi connectivity index (χ1n) is 9.84. The van der Waals surface area contributed by atoms with Gasteiger partial charge in [0.2, 0.25) is 0 Å². The molecule has 0 aromatic heterocycles. The van der Waals surface area contributed by atoms with Crippen molar-refractivity contribution in [3.05, 3.63) is 99.8 Å². The van der Waals surface area contributed by atoms with Crippen LogP contribution in [0.2, 0.25) is 0 Å². The van der Waals surface area contributed by atoms with Gasteiger partial charge in [-0.3, -0.25) is 0 Å². The van der Waals surface area contributed by atoms with Crippen LogP contribution in [0, 0.1) is 5.82 Å². The maximum Gasteiger partial charge on any atom is 0.186 e. The molecular formula is C24H23BrFN2O2+. The number of benzene rings is 3. The Morgan fingerprint density at radius 3 is 2.50 bits per heavy atom. The lowest BCUT2D eigenvalue weighted by Crippen LogP contribution is -2.89. The Balaban J connectivity index is 1.73. The van der Waals surface area contributed by atoms with Crippen LogP contribution >= 0.6 is 15.9 Å². The number of aromatic hydroxyl groups is 1. The largest absolute Gasteiger partial charge is 0.507 e. The third-order valence-corrected chi connectivity index (χ3v) is 5.60. The monoisotopic (exact) mass is 469 g/mol. The van der Waals surface area contributed by atoms with Crippen LogP contribution in [0.15, 0.2) is 77.3 Å². The molecule has 6 heteroatoms. The van der Waals surface area contributed by atoms with E-state index < -0.39 is 0 Å².